The summed E-state index contributed by atoms with van der Waals surface area (Å²) in [6.07, 6.45) is 18.4. The van der Waals surface area contributed by atoms with E-state index >= 15 is 0 Å². The average molecular weight is 1230 g/mol. The van der Waals surface area contributed by atoms with Crippen molar-refractivity contribution in [2.24, 2.45) is 0 Å². The van der Waals surface area contributed by atoms with Gasteiger partial charge in [-0.1, -0.05) is 192 Å². The van der Waals surface area contributed by atoms with Crippen molar-refractivity contribution in [1.29, 1.82) is 0 Å². The summed E-state index contributed by atoms with van der Waals surface area (Å²) in [7, 11) is -15.9. The van der Waals surface area contributed by atoms with Gasteiger partial charge in [-0.2, -0.15) is 0 Å². The summed E-state index contributed by atoms with van der Waals surface area (Å²) in [4.78, 5) is 27.7. The fourth-order valence-electron chi connectivity index (χ4n) is 9.06. The maximum absolute atomic E-state index is 13.9. The summed E-state index contributed by atoms with van der Waals surface area (Å²) < 4.78 is 152. The summed E-state index contributed by atoms with van der Waals surface area (Å²) in [6, 6.07) is 13.0. The number of rotatable bonds is 45. The first-order valence-electron chi connectivity index (χ1n) is 27.9. The van der Waals surface area contributed by atoms with Crippen LogP contribution < -0.4 is 98.7 Å². The number of benzene rings is 2. The molecule has 0 aliphatic carbocycles. The van der Waals surface area contributed by atoms with Crippen LogP contribution in [0, 0.1) is 0 Å². The third-order valence-electron chi connectivity index (χ3n) is 13.3. The van der Waals surface area contributed by atoms with Crippen molar-refractivity contribution in [3.63, 3.8) is 0 Å². The normalized spacial score (nSPS) is 18.2. The van der Waals surface area contributed by atoms with Crippen LogP contribution in [0.4, 0.5) is 0 Å². The standard InChI is InChI=1S/C55H89NO19S3.3Na/c1-4-6-8-10-12-14-16-18-20-22-24-26-31-35-48(72-54(58)45-33-29-28-30-34-45)47(56-50(57)36-32-27-25-23-21-19-17-15-13-11-9-7-5-2)42-70-55-53(69-41-44-37-39-46(68-3)40-38-44)52(75-78(65,66)67)51(74-77(62,63)64)49(73-55)43-71-76(59,60)61;;;/h28-31,33-35,37-40,47-49,51-53,55H,4-27,32,36,41-43H2,1-3H3,(H,56,57)(H,59,60,61)(H,62,63,64)(H,65,66,67);;;/q;3*+1/p-3/t47?,48?,49-,51+,52+,53-,55+;;;/m1.../s1. The Morgan fingerprint density at radius 2 is 1.09 bits per heavy atom. The number of allylic oxidation sites excluding steroid dienone is 1. The first kappa shape index (κ1) is 80.4. The monoisotopic (exact) mass is 1230 g/mol. The molecule has 2 unspecified atom stereocenters. The summed E-state index contributed by atoms with van der Waals surface area (Å²) in [5.74, 6) is -0.750. The Morgan fingerprint density at radius 3 is 1.57 bits per heavy atom. The maximum atomic E-state index is 13.9. The Hall–Kier alpha value is -0.590. The first-order chi connectivity index (χ1) is 37.3. The van der Waals surface area contributed by atoms with Crippen LogP contribution in [0.15, 0.2) is 66.7 Å². The van der Waals surface area contributed by atoms with E-state index in [4.69, 9.17) is 27.9 Å². The molecule has 446 valence electrons. The number of ether oxygens (including phenoxy) is 5. The van der Waals surface area contributed by atoms with Crippen LogP contribution >= 0.6 is 0 Å². The van der Waals surface area contributed by atoms with E-state index in [1.54, 1.807) is 60.7 Å². The predicted molar refractivity (Wildman–Crippen MR) is 289 cm³/mol. The molecule has 0 bridgehead atoms. The zero-order valence-corrected chi connectivity index (χ0v) is 57.3. The van der Waals surface area contributed by atoms with E-state index < -0.39 is 106 Å². The minimum atomic E-state index is -5.86. The van der Waals surface area contributed by atoms with E-state index in [0.717, 1.165) is 64.2 Å². The van der Waals surface area contributed by atoms with Gasteiger partial charge in [-0.15, -0.1) is 0 Å². The number of amides is 1. The fraction of sp³-hybridized carbons (Fsp3) is 0.709. The quantitative estimate of drug-likeness (QED) is 0.0241. The Labute approximate surface area is 550 Å². The molecule has 1 aliphatic rings. The molecule has 2 aromatic carbocycles. The molecule has 0 aromatic heterocycles. The maximum Gasteiger partial charge on any atom is 1.00 e. The SMILES string of the molecule is CCCCCCCCCCCCCC=CC(OC(=O)c1ccccc1)C(CO[C@H]1O[C@H](COS(=O)(=O)[O-])[C@H](OS(=O)(=O)[O-])[C@H](OS(=O)(=O)[O-])[C@H]1OCc1ccc(OC)cc1)NC(=O)CCCCCCCCCCCCCCC.[Na+].[Na+].[Na+]. The van der Waals surface area contributed by atoms with Gasteiger partial charge in [-0.05, 0) is 55.2 Å². The topological polar surface area (TPSA) is 292 Å². The number of nitrogens with one attached hydrogen (secondary N) is 1. The van der Waals surface area contributed by atoms with Gasteiger partial charge in [-0.25, -0.2) is 30.0 Å². The van der Waals surface area contributed by atoms with Gasteiger partial charge in [0.2, 0.25) is 37.1 Å². The molecule has 1 heterocycles. The summed E-state index contributed by atoms with van der Waals surface area (Å²) in [6.45, 7) is 1.89. The van der Waals surface area contributed by atoms with E-state index in [1.165, 1.54) is 90.6 Å². The summed E-state index contributed by atoms with van der Waals surface area (Å²) in [5.41, 5.74) is 0.584. The molecule has 0 radical (unpaired) electrons. The molecule has 1 saturated heterocycles. The number of hydrogen-bond donors (Lipinski definition) is 1. The predicted octanol–water partition coefficient (Wildman–Crippen LogP) is 0.950. The van der Waals surface area contributed by atoms with Gasteiger partial charge in [-0.3, -0.25) is 17.3 Å². The molecule has 0 spiro atoms. The van der Waals surface area contributed by atoms with E-state index in [2.05, 4.69) is 27.5 Å². The second-order valence-electron chi connectivity index (χ2n) is 19.8. The summed E-state index contributed by atoms with van der Waals surface area (Å²) >= 11 is 0. The van der Waals surface area contributed by atoms with Crippen LogP contribution in [-0.4, -0.2) is 114 Å². The molecule has 3 rings (SSSR count). The Bertz CT molecular complexity index is 2320. The third kappa shape index (κ3) is 38.3. The van der Waals surface area contributed by atoms with Crippen molar-refractivity contribution in [3.05, 3.63) is 77.9 Å². The van der Waals surface area contributed by atoms with E-state index in [0.29, 0.717) is 24.2 Å². The molecule has 7 atom stereocenters. The Balaban J connectivity index is 0.0000213. The molecule has 0 saturated carbocycles. The van der Waals surface area contributed by atoms with Crippen LogP contribution in [0.3, 0.4) is 0 Å². The van der Waals surface area contributed by atoms with Crippen LogP contribution in [0.1, 0.15) is 197 Å². The number of methoxy groups -OCH3 is 1. The molecule has 1 N–H and O–H groups in total. The van der Waals surface area contributed by atoms with Crippen molar-refractivity contribution in [2.75, 3.05) is 20.3 Å². The zero-order valence-electron chi connectivity index (χ0n) is 48.9. The number of unbranched alkanes of at least 4 members (excludes halogenated alkanes) is 23. The van der Waals surface area contributed by atoms with Gasteiger partial charge in [0.15, 0.2) is 6.29 Å². The molecule has 26 heteroatoms. The second kappa shape index (κ2) is 46.6. The number of esters is 1. The zero-order chi connectivity index (χ0) is 57.1. The van der Waals surface area contributed by atoms with Crippen LogP contribution in [0.5, 0.6) is 5.75 Å². The first-order valence-corrected chi connectivity index (χ1v) is 31.9. The van der Waals surface area contributed by atoms with Crippen molar-refractivity contribution in [1.82, 2.24) is 5.32 Å². The van der Waals surface area contributed by atoms with Gasteiger partial charge in [0, 0.05) is 6.42 Å². The van der Waals surface area contributed by atoms with Gasteiger partial charge in [0.1, 0.15) is 36.3 Å². The molecule has 2 aromatic rings. The minimum Gasteiger partial charge on any atom is -0.726 e. The Morgan fingerprint density at radius 1 is 0.605 bits per heavy atom. The largest absolute Gasteiger partial charge is 1.00 e. The molecule has 1 amide bonds. The number of carbonyl (C=O) groups excluding carboxylic acids is 2. The molecular formula is C55H86NNa3O19S3. The number of hydrogen-bond acceptors (Lipinski definition) is 19. The van der Waals surface area contributed by atoms with E-state index in [1.807, 2.05) is 6.08 Å². The Kier molecular flexibility index (Phi) is 46.2. The van der Waals surface area contributed by atoms with Crippen molar-refractivity contribution in [2.45, 2.75) is 230 Å². The van der Waals surface area contributed by atoms with Gasteiger partial charge >= 0.3 is 94.6 Å². The molecule has 1 fully saturated rings. The number of carbonyl (C=O) groups is 2. The van der Waals surface area contributed by atoms with Crippen molar-refractivity contribution in [3.8, 4) is 5.75 Å². The van der Waals surface area contributed by atoms with E-state index in [9.17, 15) is 48.5 Å². The molecule has 1 aliphatic heterocycles. The average Bonchev–Trinajstić information content (AvgIpc) is 3.39. The minimum absolute atomic E-state index is 0. The smallest absolute Gasteiger partial charge is 0.726 e. The van der Waals surface area contributed by atoms with Gasteiger partial charge in [0.25, 0.3) is 0 Å². The second-order valence-corrected chi connectivity index (χ2v) is 22.9. The molecule has 81 heavy (non-hydrogen) atoms. The van der Waals surface area contributed by atoms with Crippen LogP contribution in [0.25, 0.3) is 0 Å². The molecular weight excluding hydrogens is 1140 g/mol. The van der Waals surface area contributed by atoms with Gasteiger partial charge in [0.05, 0.1) is 38.5 Å². The van der Waals surface area contributed by atoms with Crippen molar-refractivity contribution >= 4 is 43.1 Å². The fourth-order valence-corrected chi connectivity index (χ4v) is 10.4. The van der Waals surface area contributed by atoms with Crippen LogP contribution in [0.2, 0.25) is 0 Å². The van der Waals surface area contributed by atoms with Gasteiger partial charge < -0.3 is 42.7 Å². The molecule has 20 nitrogen and oxygen atoms in total. The van der Waals surface area contributed by atoms with E-state index in [-0.39, 0.29) is 101 Å². The summed E-state index contributed by atoms with van der Waals surface area (Å²) in [5, 5.41) is 2.91. The van der Waals surface area contributed by atoms with Crippen LogP contribution in [-0.2, 0) is 74.1 Å². The van der Waals surface area contributed by atoms with Crippen molar-refractivity contribution < 1.29 is 173 Å². The third-order valence-corrected chi connectivity index (χ3v) is 14.6.